The minimum atomic E-state index is -0.765. The van der Waals surface area contributed by atoms with E-state index in [2.05, 4.69) is 10.5 Å². The van der Waals surface area contributed by atoms with Gasteiger partial charge in [-0.1, -0.05) is 0 Å². The second-order valence-corrected chi connectivity index (χ2v) is 8.69. The third-order valence-corrected chi connectivity index (χ3v) is 5.80. The highest BCUT2D eigenvalue weighted by molar-refractivity contribution is 14.1. The zero-order chi connectivity index (χ0) is 28.5. The predicted molar refractivity (Wildman–Crippen MR) is 149 cm³/mol. The maximum absolute atomic E-state index is 12.6. The van der Waals surface area contributed by atoms with Crippen molar-refractivity contribution in [1.29, 1.82) is 0 Å². The Hall–Kier alpha value is -4.47. The van der Waals surface area contributed by atoms with E-state index in [1.165, 1.54) is 19.4 Å². The first-order valence-corrected chi connectivity index (χ1v) is 12.5. The van der Waals surface area contributed by atoms with Crippen LogP contribution in [-0.2, 0) is 0 Å². The van der Waals surface area contributed by atoms with Crippen LogP contribution in [0, 0.1) is 23.8 Å². The smallest absolute Gasteiger partial charge is 0.318 e. The Morgan fingerprint density at radius 3 is 2.28 bits per heavy atom. The minimum absolute atomic E-state index is 0.178. The standard InChI is InChI=1S/C25H23IN4O9/c1-4-37-21-8-6-16(12-22(21)36-3)25(31)28-27-14-15-10-18(26)24(23(11-15)38-5-2)39-20-9-7-17(29(32)33)13-19(20)30(34)35/h6-14H,4-5H2,1-3H3,(H,28,31)/b27-14+. The molecule has 0 spiro atoms. The van der Waals surface area contributed by atoms with E-state index >= 15 is 0 Å². The van der Waals surface area contributed by atoms with Crippen LogP contribution >= 0.6 is 22.6 Å². The molecule has 39 heavy (non-hydrogen) atoms. The molecule has 3 aromatic carbocycles. The third kappa shape index (κ3) is 7.31. The molecule has 0 aliphatic rings. The number of ether oxygens (including phenoxy) is 4. The molecule has 0 aromatic heterocycles. The summed E-state index contributed by atoms with van der Waals surface area (Å²) in [5, 5.41) is 26.5. The third-order valence-electron chi connectivity index (χ3n) is 5.00. The lowest BCUT2D eigenvalue weighted by atomic mass is 10.2. The Bertz CT molecular complexity index is 1430. The summed E-state index contributed by atoms with van der Waals surface area (Å²) in [6, 6.07) is 11.1. The molecule has 3 rings (SSSR count). The summed E-state index contributed by atoms with van der Waals surface area (Å²) in [5.41, 5.74) is 2.28. The molecule has 14 heteroatoms. The van der Waals surface area contributed by atoms with E-state index < -0.39 is 27.1 Å². The maximum atomic E-state index is 12.6. The Kier molecular flexibility index (Phi) is 9.97. The molecule has 13 nitrogen and oxygen atoms in total. The normalized spacial score (nSPS) is 10.7. The van der Waals surface area contributed by atoms with Gasteiger partial charge in [0.1, 0.15) is 0 Å². The first-order chi connectivity index (χ1) is 18.7. The van der Waals surface area contributed by atoms with E-state index in [1.807, 2.05) is 29.5 Å². The van der Waals surface area contributed by atoms with E-state index in [4.69, 9.17) is 18.9 Å². The number of methoxy groups -OCH3 is 1. The number of nitro benzene ring substituents is 2. The maximum Gasteiger partial charge on any atom is 0.318 e. The van der Waals surface area contributed by atoms with Gasteiger partial charge >= 0.3 is 5.69 Å². The number of benzene rings is 3. The van der Waals surface area contributed by atoms with Gasteiger partial charge in [-0.25, -0.2) is 5.43 Å². The second kappa shape index (κ2) is 13.4. The van der Waals surface area contributed by atoms with Gasteiger partial charge < -0.3 is 18.9 Å². The van der Waals surface area contributed by atoms with Crippen molar-refractivity contribution in [3.05, 3.63) is 83.5 Å². The van der Waals surface area contributed by atoms with Crippen LogP contribution in [0.15, 0.2) is 53.6 Å². The summed E-state index contributed by atoms with van der Waals surface area (Å²) in [6.07, 6.45) is 1.40. The van der Waals surface area contributed by atoms with Crippen LogP contribution in [0.25, 0.3) is 0 Å². The van der Waals surface area contributed by atoms with Gasteiger partial charge in [-0.05, 0) is 78.4 Å². The highest BCUT2D eigenvalue weighted by Crippen LogP contribution is 2.41. The highest BCUT2D eigenvalue weighted by Gasteiger charge is 2.23. The topological polar surface area (TPSA) is 165 Å². The number of hydrazone groups is 1. The van der Waals surface area contributed by atoms with E-state index in [9.17, 15) is 25.0 Å². The predicted octanol–water partition coefficient (Wildman–Crippen LogP) is 5.47. The fourth-order valence-corrected chi connectivity index (χ4v) is 4.03. The summed E-state index contributed by atoms with van der Waals surface area (Å²) in [4.78, 5) is 33.6. The number of nitrogens with one attached hydrogen (secondary N) is 1. The SMILES string of the molecule is CCOc1ccc(C(=O)N/N=C/c2cc(I)c(Oc3ccc([N+](=O)[O-])cc3[N+](=O)[O-])c(OCC)c2)cc1OC. The van der Waals surface area contributed by atoms with Crippen molar-refractivity contribution in [2.75, 3.05) is 20.3 Å². The van der Waals surface area contributed by atoms with Gasteiger partial charge in [-0.2, -0.15) is 5.10 Å². The Morgan fingerprint density at radius 1 is 0.949 bits per heavy atom. The Morgan fingerprint density at radius 2 is 1.64 bits per heavy atom. The molecule has 0 radical (unpaired) electrons. The number of carbonyl (C=O) groups excluding carboxylic acids is 1. The lowest BCUT2D eigenvalue weighted by Gasteiger charge is -2.14. The molecule has 204 valence electrons. The molecule has 0 saturated heterocycles. The number of halogens is 1. The van der Waals surface area contributed by atoms with Crippen molar-refractivity contribution in [1.82, 2.24) is 5.43 Å². The number of nitro groups is 2. The number of amides is 1. The number of nitrogens with zero attached hydrogens (tertiary/aromatic N) is 3. The van der Waals surface area contributed by atoms with Crippen molar-refractivity contribution in [2.45, 2.75) is 13.8 Å². The van der Waals surface area contributed by atoms with Gasteiger partial charge in [0.2, 0.25) is 5.75 Å². The summed E-state index contributed by atoms with van der Waals surface area (Å²) in [6.45, 7) is 4.29. The molecular weight excluding hydrogens is 627 g/mol. The largest absolute Gasteiger partial charge is 0.493 e. The monoisotopic (exact) mass is 650 g/mol. The Labute approximate surface area is 236 Å². The first kappa shape index (κ1) is 29.1. The molecule has 3 aromatic rings. The summed E-state index contributed by atoms with van der Waals surface area (Å²) < 4.78 is 22.7. The van der Waals surface area contributed by atoms with Crippen LogP contribution in [0.2, 0.25) is 0 Å². The van der Waals surface area contributed by atoms with E-state index in [0.29, 0.717) is 32.8 Å². The molecule has 1 N–H and O–H groups in total. The van der Waals surface area contributed by atoms with Crippen LogP contribution in [0.5, 0.6) is 28.7 Å². The molecule has 0 saturated carbocycles. The van der Waals surface area contributed by atoms with Gasteiger partial charge in [-0.3, -0.25) is 25.0 Å². The first-order valence-electron chi connectivity index (χ1n) is 11.4. The number of hydrogen-bond donors (Lipinski definition) is 1. The number of rotatable bonds is 12. The molecule has 0 heterocycles. The molecule has 0 unspecified atom stereocenters. The molecule has 0 fully saturated rings. The number of carbonyl (C=O) groups is 1. The zero-order valence-electron chi connectivity index (χ0n) is 21.0. The van der Waals surface area contributed by atoms with Crippen molar-refractivity contribution in [2.24, 2.45) is 5.10 Å². The molecule has 0 bridgehead atoms. The van der Waals surface area contributed by atoms with Gasteiger partial charge in [0, 0.05) is 11.6 Å². The number of non-ortho nitro benzene ring substituents is 1. The molecular formula is C25H23IN4O9. The molecule has 0 aliphatic heterocycles. The summed E-state index contributed by atoms with van der Waals surface area (Å²) in [7, 11) is 1.47. The van der Waals surface area contributed by atoms with Crippen LogP contribution in [0.4, 0.5) is 11.4 Å². The van der Waals surface area contributed by atoms with E-state index in [1.54, 1.807) is 31.2 Å². The van der Waals surface area contributed by atoms with Gasteiger partial charge in [-0.15, -0.1) is 0 Å². The van der Waals surface area contributed by atoms with Crippen molar-refractivity contribution >= 4 is 46.1 Å². The van der Waals surface area contributed by atoms with Gasteiger partial charge in [0.05, 0.1) is 46.0 Å². The van der Waals surface area contributed by atoms with Crippen LogP contribution in [-0.4, -0.2) is 42.3 Å². The van der Waals surface area contributed by atoms with Crippen LogP contribution in [0.1, 0.15) is 29.8 Å². The lowest BCUT2D eigenvalue weighted by molar-refractivity contribution is -0.394. The van der Waals surface area contributed by atoms with Crippen molar-refractivity contribution < 1.29 is 33.6 Å². The molecule has 1 amide bonds. The van der Waals surface area contributed by atoms with Crippen LogP contribution < -0.4 is 24.4 Å². The average Bonchev–Trinajstić information content (AvgIpc) is 2.91. The summed E-state index contributed by atoms with van der Waals surface area (Å²) in [5.74, 6) is 0.688. The van der Waals surface area contributed by atoms with Crippen LogP contribution in [0.3, 0.4) is 0 Å². The van der Waals surface area contributed by atoms with Gasteiger partial charge in [0.25, 0.3) is 11.6 Å². The van der Waals surface area contributed by atoms with Crippen molar-refractivity contribution in [3.63, 3.8) is 0 Å². The second-order valence-electron chi connectivity index (χ2n) is 7.53. The van der Waals surface area contributed by atoms with E-state index in [-0.39, 0.29) is 23.9 Å². The van der Waals surface area contributed by atoms with Crippen molar-refractivity contribution in [3.8, 4) is 28.7 Å². The fraction of sp³-hybridized carbons (Fsp3) is 0.200. The van der Waals surface area contributed by atoms with Gasteiger partial charge in [0.15, 0.2) is 23.0 Å². The lowest BCUT2D eigenvalue weighted by Crippen LogP contribution is -2.17. The minimum Gasteiger partial charge on any atom is -0.493 e. The molecule has 0 aliphatic carbocycles. The summed E-state index contributed by atoms with van der Waals surface area (Å²) >= 11 is 1.96. The fourth-order valence-electron chi connectivity index (χ4n) is 3.30. The zero-order valence-corrected chi connectivity index (χ0v) is 23.2. The highest BCUT2D eigenvalue weighted by atomic mass is 127. The average molecular weight is 650 g/mol. The molecule has 0 atom stereocenters. The number of hydrogen-bond acceptors (Lipinski definition) is 10. The Balaban J connectivity index is 1.83. The van der Waals surface area contributed by atoms with E-state index in [0.717, 1.165) is 18.2 Å². The quantitative estimate of drug-likeness (QED) is 0.116.